The highest BCUT2D eigenvalue weighted by Crippen LogP contribution is 2.50. The number of hydrogen-bond acceptors (Lipinski definition) is 1. The van der Waals surface area contributed by atoms with E-state index in [4.69, 9.17) is 0 Å². The fourth-order valence-electron chi connectivity index (χ4n) is 4.15. The van der Waals surface area contributed by atoms with Crippen molar-refractivity contribution >= 4 is 11.4 Å². The zero-order valence-corrected chi connectivity index (χ0v) is 13.9. The van der Waals surface area contributed by atoms with Gasteiger partial charge in [-0.2, -0.15) is 0 Å². The molecule has 0 amide bonds. The van der Waals surface area contributed by atoms with E-state index in [1.165, 1.54) is 28.1 Å². The topological polar surface area (TPSA) is 3.24 Å². The first-order valence-corrected chi connectivity index (χ1v) is 8.81. The maximum atomic E-state index is 2.48. The lowest BCUT2D eigenvalue weighted by Gasteiger charge is -2.28. The summed E-state index contributed by atoms with van der Waals surface area (Å²) in [6.45, 7) is 0. The van der Waals surface area contributed by atoms with Gasteiger partial charge in [-0.1, -0.05) is 85.0 Å². The number of para-hydroxylation sites is 1. The van der Waals surface area contributed by atoms with E-state index in [0.29, 0.717) is 12.0 Å². The third-order valence-electron chi connectivity index (χ3n) is 5.20. The summed E-state index contributed by atoms with van der Waals surface area (Å²) in [5.41, 5.74) is 6.63. The monoisotopic (exact) mass is 321 g/mol. The Balaban J connectivity index is 1.75. The summed E-state index contributed by atoms with van der Waals surface area (Å²) >= 11 is 0. The van der Waals surface area contributed by atoms with Crippen LogP contribution in [0, 0.1) is 0 Å². The number of benzene rings is 3. The minimum Gasteiger partial charge on any atom is -0.333 e. The van der Waals surface area contributed by atoms with Gasteiger partial charge in [-0.3, -0.25) is 0 Å². The summed E-state index contributed by atoms with van der Waals surface area (Å²) in [7, 11) is 0. The van der Waals surface area contributed by atoms with Gasteiger partial charge in [0.2, 0.25) is 0 Å². The predicted molar refractivity (Wildman–Crippen MR) is 105 cm³/mol. The van der Waals surface area contributed by atoms with E-state index in [-0.39, 0.29) is 0 Å². The minimum atomic E-state index is 0.340. The molecule has 5 rings (SSSR count). The van der Waals surface area contributed by atoms with Gasteiger partial charge < -0.3 is 4.90 Å². The van der Waals surface area contributed by atoms with Crippen LogP contribution in [0.2, 0.25) is 0 Å². The number of hydrogen-bond donors (Lipinski definition) is 0. The number of nitrogens with zero attached hydrogens (tertiary/aromatic N) is 1. The molecule has 0 bridgehead atoms. The molecule has 1 aliphatic heterocycles. The van der Waals surface area contributed by atoms with Crippen LogP contribution in [-0.4, -0.2) is 6.04 Å². The van der Waals surface area contributed by atoms with Crippen LogP contribution < -0.4 is 4.90 Å². The van der Waals surface area contributed by atoms with E-state index in [0.717, 1.165) is 0 Å². The highest BCUT2D eigenvalue weighted by atomic mass is 15.2. The first-order chi connectivity index (χ1) is 12.4. The Morgan fingerprint density at radius 3 is 2.16 bits per heavy atom. The molecule has 0 radical (unpaired) electrons. The van der Waals surface area contributed by atoms with Crippen LogP contribution in [0.5, 0.6) is 0 Å². The van der Waals surface area contributed by atoms with Crippen LogP contribution in [-0.2, 0) is 0 Å². The first-order valence-electron chi connectivity index (χ1n) is 8.81. The quantitative estimate of drug-likeness (QED) is 0.552. The van der Waals surface area contributed by atoms with Gasteiger partial charge in [0.15, 0.2) is 0 Å². The van der Waals surface area contributed by atoms with E-state index in [1.54, 1.807) is 0 Å². The maximum Gasteiger partial charge on any atom is 0.0629 e. The molecule has 1 heterocycles. The summed E-state index contributed by atoms with van der Waals surface area (Å²) in [6, 6.07) is 28.5. The SMILES string of the molecule is C1=CC2c3c(-c4ccccc4)cccc3N(c3ccccc3)C2C=C1. The predicted octanol–water partition coefficient (Wildman–Crippen LogP) is 6.08. The van der Waals surface area contributed by atoms with Crippen molar-refractivity contribution in [2.45, 2.75) is 12.0 Å². The Bertz CT molecular complexity index is 954. The summed E-state index contributed by atoms with van der Waals surface area (Å²) in [5.74, 6) is 0.386. The van der Waals surface area contributed by atoms with Gasteiger partial charge in [0.25, 0.3) is 0 Å². The molecule has 3 aromatic rings. The summed E-state index contributed by atoms with van der Waals surface area (Å²) in [4.78, 5) is 2.48. The van der Waals surface area contributed by atoms with E-state index in [9.17, 15) is 0 Å². The third-order valence-corrected chi connectivity index (χ3v) is 5.20. The minimum absolute atomic E-state index is 0.340. The molecule has 0 saturated heterocycles. The molecule has 2 aliphatic rings. The fourth-order valence-corrected chi connectivity index (χ4v) is 4.15. The molecular weight excluding hydrogens is 302 g/mol. The van der Waals surface area contributed by atoms with Gasteiger partial charge in [-0.15, -0.1) is 0 Å². The second-order valence-corrected chi connectivity index (χ2v) is 6.60. The van der Waals surface area contributed by atoms with Gasteiger partial charge in [0, 0.05) is 17.3 Å². The summed E-state index contributed by atoms with van der Waals surface area (Å²) in [5, 5.41) is 0. The standard InChI is InChI=1S/C24H19N/c1-3-10-18(11-4-1)20-15-9-17-23-24(20)21-14-7-8-16-22(21)25(23)19-12-5-2-6-13-19/h1-17,21-22H. The maximum absolute atomic E-state index is 2.48. The van der Waals surface area contributed by atoms with Crippen LogP contribution >= 0.6 is 0 Å². The molecular formula is C24H19N. The lowest BCUT2D eigenvalue weighted by atomic mass is 9.86. The van der Waals surface area contributed by atoms with Crippen molar-refractivity contribution in [3.63, 3.8) is 0 Å². The molecule has 1 heteroatoms. The van der Waals surface area contributed by atoms with Crippen LogP contribution in [0.4, 0.5) is 11.4 Å². The molecule has 3 aromatic carbocycles. The van der Waals surface area contributed by atoms with Gasteiger partial charge in [-0.05, 0) is 34.9 Å². The zero-order chi connectivity index (χ0) is 16.6. The molecule has 120 valence electrons. The van der Waals surface area contributed by atoms with Crippen molar-refractivity contribution in [2.24, 2.45) is 0 Å². The van der Waals surface area contributed by atoms with Crippen LogP contribution in [0.1, 0.15) is 11.5 Å². The smallest absolute Gasteiger partial charge is 0.0629 e. The number of rotatable bonds is 2. The van der Waals surface area contributed by atoms with Gasteiger partial charge >= 0.3 is 0 Å². The van der Waals surface area contributed by atoms with Crippen molar-refractivity contribution < 1.29 is 0 Å². The van der Waals surface area contributed by atoms with Crippen LogP contribution in [0.15, 0.2) is 103 Å². The van der Waals surface area contributed by atoms with Crippen molar-refractivity contribution in [3.05, 3.63) is 109 Å². The number of fused-ring (bicyclic) bond motifs is 3. The Labute approximate surface area is 148 Å². The molecule has 2 atom stereocenters. The number of allylic oxidation sites excluding steroid dienone is 2. The second-order valence-electron chi connectivity index (χ2n) is 6.60. The largest absolute Gasteiger partial charge is 0.333 e. The molecule has 0 saturated carbocycles. The van der Waals surface area contributed by atoms with Crippen molar-refractivity contribution in [1.82, 2.24) is 0 Å². The van der Waals surface area contributed by atoms with Gasteiger partial charge in [0.1, 0.15) is 0 Å². The highest BCUT2D eigenvalue weighted by molar-refractivity contribution is 5.84. The normalized spacial score (nSPS) is 20.4. The lowest BCUT2D eigenvalue weighted by molar-refractivity contribution is 0.745. The average molecular weight is 321 g/mol. The van der Waals surface area contributed by atoms with Crippen molar-refractivity contribution in [2.75, 3.05) is 4.90 Å². The van der Waals surface area contributed by atoms with Crippen LogP contribution in [0.3, 0.4) is 0 Å². The molecule has 0 spiro atoms. The van der Waals surface area contributed by atoms with Gasteiger partial charge in [-0.25, -0.2) is 0 Å². The Kier molecular flexibility index (Phi) is 3.31. The zero-order valence-electron chi connectivity index (χ0n) is 13.9. The third kappa shape index (κ3) is 2.24. The molecule has 0 N–H and O–H groups in total. The fraction of sp³-hybridized carbons (Fsp3) is 0.0833. The van der Waals surface area contributed by atoms with E-state index < -0.39 is 0 Å². The van der Waals surface area contributed by atoms with Gasteiger partial charge in [0.05, 0.1) is 6.04 Å². The molecule has 2 unspecified atom stereocenters. The molecule has 25 heavy (non-hydrogen) atoms. The van der Waals surface area contributed by atoms with Crippen LogP contribution in [0.25, 0.3) is 11.1 Å². The highest BCUT2D eigenvalue weighted by Gasteiger charge is 2.38. The molecule has 1 aliphatic carbocycles. The van der Waals surface area contributed by atoms with E-state index in [1.807, 2.05) is 0 Å². The lowest BCUT2D eigenvalue weighted by Crippen LogP contribution is -2.28. The number of anilines is 2. The molecule has 0 aromatic heterocycles. The summed E-state index contributed by atoms with van der Waals surface area (Å²) in [6.07, 6.45) is 9.03. The van der Waals surface area contributed by atoms with E-state index >= 15 is 0 Å². The first kappa shape index (κ1) is 14.3. The summed E-state index contributed by atoms with van der Waals surface area (Å²) < 4.78 is 0. The molecule has 1 nitrogen and oxygen atoms in total. The Morgan fingerprint density at radius 1 is 0.640 bits per heavy atom. The average Bonchev–Trinajstić information content (AvgIpc) is 3.04. The second kappa shape index (κ2) is 5.78. The Hall–Kier alpha value is -3.06. The van der Waals surface area contributed by atoms with E-state index in [2.05, 4.69) is 108 Å². The van der Waals surface area contributed by atoms with Crippen molar-refractivity contribution in [1.29, 1.82) is 0 Å². The Morgan fingerprint density at radius 2 is 1.36 bits per heavy atom. The van der Waals surface area contributed by atoms with Crippen molar-refractivity contribution in [3.8, 4) is 11.1 Å². The molecule has 0 fully saturated rings.